The van der Waals surface area contributed by atoms with Crippen LogP contribution in [0.25, 0.3) is 178 Å². The van der Waals surface area contributed by atoms with E-state index in [-0.39, 0.29) is 11.7 Å². The topological polar surface area (TPSA) is 120 Å². The molecule has 0 radical (unpaired) electrons. The Morgan fingerprint density at radius 1 is 0.290 bits per heavy atom. The molecule has 0 N–H and O–H groups in total. The average Bonchev–Trinajstić information content (AvgIpc) is 1.60. The van der Waals surface area contributed by atoms with Gasteiger partial charge < -0.3 is 17.7 Å². The van der Waals surface area contributed by atoms with Crippen LogP contribution in [0.1, 0.15) is 121 Å². The molecule has 0 aliphatic heterocycles. The van der Waals surface area contributed by atoms with E-state index in [1.54, 1.807) is 6.07 Å². The van der Waals surface area contributed by atoms with E-state index in [0.717, 1.165) is 162 Å². The summed E-state index contributed by atoms with van der Waals surface area (Å²) in [4.78, 5) is 18.4. The Balaban J connectivity index is 0.000000117. The van der Waals surface area contributed by atoms with Crippen LogP contribution in [-0.2, 0) is 34.6 Å². The summed E-state index contributed by atoms with van der Waals surface area (Å²) in [6, 6.07) is 82.8. The monoisotopic (exact) mass is 1630 g/mol. The number of hydrogen-bond acceptors (Lipinski definition) is 8. The van der Waals surface area contributed by atoms with Gasteiger partial charge in [0, 0.05) is 112 Å². The highest BCUT2D eigenvalue weighted by Gasteiger charge is 2.28. The van der Waals surface area contributed by atoms with Gasteiger partial charge in [-0.05, 0) is 233 Å². The van der Waals surface area contributed by atoms with Gasteiger partial charge >= 0.3 is 0 Å². The molecule has 0 aliphatic rings. The summed E-state index contributed by atoms with van der Waals surface area (Å²) in [6.45, 7) is 31.6. The van der Waals surface area contributed by atoms with Crippen molar-refractivity contribution in [1.82, 2.24) is 19.9 Å². The molecule has 0 aliphatic carbocycles. The minimum atomic E-state index is -0.152. The normalized spacial score (nSPS) is 11.6. The number of nitrogens with zero attached hydrogens (tertiary/aromatic N) is 8. The quantitative estimate of drug-likeness (QED) is 0.111. The summed E-state index contributed by atoms with van der Waals surface area (Å²) in [5.41, 5.74) is 37.9. The van der Waals surface area contributed by atoms with Crippen LogP contribution in [0.2, 0.25) is 0 Å². The predicted molar refractivity (Wildman–Crippen MR) is 504 cm³/mol. The molecule has 0 amide bonds. The zero-order chi connectivity index (χ0) is 86.8. The Bertz CT molecular complexity index is 7580. The lowest BCUT2D eigenvalue weighted by Gasteiger charge is -2.10. The van der Waals surface area contributed by atoms with E-state index in [9.17, 15) is 4.39 Å². The number of fused-ring (bicyclic) bond motifs is 12. The van der Waals surface area contributed by atoms with Crippen LogP contribution in [0.15, 0.2) is 279 Å². The van der Waals surface area contributed by atoms with Gasteiger partial charge in [-0.2, -0.15) is 0 Å². The number of rotatable bonds is 12. The molecule has 0 saturated carbocycles. The van der Waals surface area contributed by atoms with Crippen molar-refractivity contribution < 1.29 is 40.3 Å². The predicted octanol–water partition coefficient (Wildman–Crippen LogP) is 26.9. The lowest BCUT2D eigenvalue weighted by atomic mass is 9.96. The Morgan fingerprint density at radius 2 is 0.597 bits per heavy atom. The summed E-state index contributed by atoms with van der Waals surface area (Å²) in [6.07, 6.45) is 9.80. The van der Waals surface area contributed by atoms with Crippen molar-refractivity contribution in [3.05, 3.63) is 334 Å². The molecular formula is C111H105FN8O4+4. The number of hydrogen-bond donors (Lipinski definition) is 0. The molecule has 20 rings (SSSR count). The molecule has 0 atom stereocenters. The molecule has 8 aromatic carbocycles. The van der Waals surface area contributed by atoms with E-state index in [1.807, 2.05) is 85.0 Å². The fraction of sp³-hybridized carbons (Fsp3) is 0.207. The molecule has 0 spiro atoms. The summed E-state index contributed by atoms with van der Waals surface area (Å²) in [7, 11) is 8.35. The number of halogens is 1. The number of furan rings is 4. The first kappa shape index (κ1) is 82.4. The molecular weight excluding hydrogens is 1530 g/mol. The van der Waals surface area contributed by atoms with Crippen LogP contribution in [0.4, 0.5) is 4.39 Å². The Kier molecular flexibility index (Phi) is 22.5. The van der Waals surface area contributed by atoms with Gasteiger partial charge in [0.1, 0.15) is 34.0 Å². The van der Waals surface area contributed by atoms with Crippen LogP contribution < -0.4 is 18.3 Å². The van der Waals surface area contributed by atoms with Crippen molar-refractivity contribution in [3.8, 4) is 89.5 Å². The summed E-state index contributed by atoms with van der Waals surface area (Å²) in [5.74, 6) is 1.14. The van der Waals surface area contributed by atoms with E-state index in [4.69, 9.17) is 17.7 Å². The van der Waals surface area contributed by atoms with Gasteiger partial charge in [0.2, 0.25) is 45.6 Å². The third-order valence-corrected chi connectivity index (χ3v) is 24.1. The lowest BCUT2D eigenvalue weighted by molar-refractivity contribution is -0.660. The maximum Gasteiger partial charge on any atom is 0.227 e. The largest absolute Gasteiger partial charge is 0.437 e. The number of aryl methyl sites for hydroxylation is 13. The van der Waals surface area contributed by atoms with Gasteiger partial charge in [-0.15, -0.1) is 0 Å². The van der Waals surface area contributed by atoms with Crippen molar-refractivity contribution in [2.24, 2.45) is 34.1 Å². The zero-order valence-corrected chi connectivity index (χ0v) is 74.4. The Labute approximate surface area is 724 Å². The number of pyridine rings is 8. The smallest absolute Gasteiger partial charge is 0.227 e. The minimum absolute atomic E-state index is 0.133. The molecule has 0 fully saturated rings. The molecule has 124 heavy (non-hydrogen) atoms. The molecule has 0 saturated heterocycles. The first-order chi connectivity index (χ1) is 59.7. The van der Waals surface area contributed by atoms with Crippen molar-refractivity contribution >= 4 is 88.3 Å². The third kappa shape index (κ3) is 16.1. The summed E-state index contributed by atoms with van der Waals surface area (Å²) < 4.78 is 48.0. The van der Waals surface area contributed by atoms with Crippen molar-refractivity contribution in [3.63, 3.8) is 0 Å². The maximum absolute atomic E-state index is 14.2. The van der Waals surface area contributed by atoms with Crippen molar-refractivity contribution in [2.75, 3.05) is 0 Å². The van der Waals surface area contributed by atoms with Crippen LogP contribution in [0, 0.1) is 74.0 Å². The van der Waals surface area contributed by atoms with E-state index < -0.39 is 0 Å². The van der Waals surface area contributed by atoms with Gasteiger partial charge in [0.05, 0.1) is 22.3 Å². The van der Waals surface area contributed by atoms with Crippen LogP contribution >= 0.6 is 0 Å². The second-order valence-corrected chi connectivity index (χ2v) is 34.7. The Hall–Kier alpha value is -13.9. The first-order valence-electron chi connectivity index (χ1n) is 42.9. The average molecular weight is 1630 g/mol. The third-order valence-electron chi connectivity index (χ3n) is 24.1. The van der Waals surface area contributed by atoms with Crippen LogP contribution in [0.3, 0.4) is 0 Å². The molecule has 13 heteroatoms. The van der Waals surface area contributed by atoms with Gasteiger partial charge in [0.25, 0.3) is 0 Å². The highest BCUT2D eigenvalue weighted by molar-refractivity contribution is 6.12. The summed E-state index contributed by atoms with van der Waals surface area (Å²) in [5, 5.41) is 8.60. The van der Waals surface area contributed by atoms with Gasteiger partial charge in [0.15, 0.2) is 47.1 Å². The van der Waals surface area contributed by atoms with E-state index >= 15 is 0 Å². The van der Waals surface area contributed by atoms with Crippen molar-refractivity contribution in [2.45, 2.75) is 122 Å². The standard InChI is InChI=1S/C29H29N2O.C28H26FN2O.C28H27N2O.C26H23N2O/c1-18(2)15-21-7-6-8-22(16-21)23-11-14-26(31(5)17-23)27-19(3)9-12-24-25-13-10-20(4)30-29(25)32-28(24)27;1-16(2)23-14-19(8-12-24(23)29)20-9-13-25(31(5)15-20)26-17(3)6-10-21-22-11-7-18(4)30-28(22)32-27(21)26;1-17(2)20-7-6-8-21(15-20)22-11-14-25(30(5)16-22)26-18(3)9-12-23-24-13-10-19(4)29-28(24)31-27(23)26;1-16-6-5-7-19(14-16)20-10-13-23(28(4)15-20)24-17(2)8-11-21-22-12-9-18(3)27-26(22)29-25(21)24/h6-14,16-18H,15H2,1-5H3;6-16H,1-5H3;6-17H,1-5H3;5-15H,1-4H3/q4*+1. The Morgan fingerprint density at radius 3 is 0.919 bits per heavy atom. The first-order valence-corrected chi connectivity index (χ1v) is 42.9. The second kappa shape index (κ2) is 33.8. The molecule has 0 unspecified atom stereocenters. The molecule has 12 nitrogen and oxygen atoms in total. The zero-order valence-electron chi connectivity index (χ0n) is 74.4. The van der Waals surface area contributed by atoms with Crippen LogP contribution in [-0.4, -0.2) is 19.9 Å². The summed E-state index contributed by atoms with van der Waals surface area (Å²) >= 11 is 0. The van der Waals surface area contributed by atoms with Crippen LogP contribution in [0.5, 0.6) is 0 Å². The maximum atomic E-state index is 14.2. The molecule has 20 aromatic rings. The number of benzene rings is 8. The SMILES string of the molecule is Cc1ccc2c(n1)oc1c(-c3ccc(-c4ccc(F)c(C(C)C)c4)c[n+]3C)c(C)ccc12.Cc1ccc2c(n1)oc1c(-c3ccc(-c4cccc(C(C)C)c4)c[n+]3C)c(C)ccc12.Cc1ccc2c(n1)oc1c(-c3ccc(-c4cccc(CC(C)C)c4)c[n+]3C)c(C)ccc12.Cc1cccc(-c2ccc(-c3c(C)ccc4c3oc3nc(C)ccc34)[n+](C)c2)c1. The van der Waals surface area contributed by atoms with Gasteiger partial charge in [-0.25, -0.2) is 42.6 Å². The highest BCUT2D eigenvalue weighted by Crippen LogP contribution is 2.43. The molecule has 616 valence electrons. The fourth-order valence-corrected chi connectivity index (χ4v) is 17.5. The molecule has 12 aromatic heterocycles. The van der Waals surface area contributed by atoms with E-state index in [2.05, 4.69) is 341 Å². The second-order valence-electron chi connectivity index (χ2n) is 34.7. The highest BCUT2D eigenvalue weighted by atomic mass is 19.1. The fourth-order valence-electron chi connectivity index (χ4n) is 17.5. The van der Waals surface area contributed by atoms with Crippen molar-refractivity contribution in [1.29, 1.82) is 0 Å². The number of aromatic nitrogens is 8. The molecule has 12 heterocycles. The minimum Gasteiger partial charge on any atom is -0.437 e. The van der Waals surface area contributed by atoms with Gasteiger partial charge in [-0.1, -0.05) is 174 Å². The van der Waals surface area contributed by atoms with Gasteiger partial charge in [-0.3, -0.25) is 0 Å². The lowest BCUT2D eigenvalue weighted by Crippen LogP contribution is -2.31. The van der Waals surface area contributed by atoms with E-state index in [0.29, 0.717) is 34.7 Å². The van der Waals surface area contributed by atoms with E-state index in [1.165, 1.54) is 66.8 Å². The molecule has 0 bridgehead atoms.